The second-order valence-corrected chi connectivity index (χ2v) is 5.94. The summed E-state index contributed by atoms with van der Waals surface area (Å²) in [6.07, 6.45) is 0. The van der Waals surface area contributed by atoms with Crippen LogP contribution < -0.4 is 10.6 Å². The van der Waals surface area contributed by atoms with Crippen LogP contribution in [0.25, 0.3) is 0 Å². The number of piperazine rings is 1. The Morgan fingerprint density at radius 2 is 1.81 bits per heavy atom. The molecule has 0 aromatic heterocycles. The molecule has 1 heterocycles. The lowest BCUT2D eigenvalue weighted by atomic mass is 10.0. The van der Waals surface area contributed by atoms with Crippen LogP contribution in [0, 0.1) is 6.92 Å². The van der Waals surface area contributed by atoms with Crippen molar-refractivity contribution in [1.82, 2.24) is 4.90 Å². The predicted molar refractivity (Wildman–Crippen MR) is 89.6 cm³/mol. The molecule has 0 spiro atoms. The van der Waals surface area contributed by atoms with Gasteiger partial charge in [0.15, 0.2) is 0 Å². The Bertz CT molecular complexity index is 609. The minimum atomic E-state index is 0.356. The minimum Gasteiger partial charge on any atom is -0.397 e. The molecule has 3 nitrogen and oxygen atoms in total. The topological polar surface area (TPSA) is 32.5 Å². The fraction of sp³-hybridized carbons (Fsp3) is 0.333. The van der Waals surface area contributed by atoms with Gasteiger partial charge in [-0.15, -0.1) is 0 Å². The summed E-state index contributed by atoms with van der Waals surface area (Å²) < 4.78 is 0. The van der Waals surface area contributed by atoms with Crippen LogP contribution in [0.5, 0.6) is 0 Å². The fourth-order valence-corrected chi connectivity index (χ4v) is 3.10. The van der Waals surface area contributed by atoms with Crippen LogP contribution in [-0.2, 0) is 0 Å². The number of anilines is 2. The number of nitrogen functional groups attached to an aromatic ring is 1. The number of aryl methyl sites for hydroxylation is 1. The molecule has 3 heteroatoms. The SMILES string of the molecule is Cc1ccc(N2CCN(C)CC2c2ccccc2)c(N)c1. The zero-order chi connectivity index (χ0) is 14.8. The molecule has 0 radical (unpaired) electrons. The number of nitrogens with zero attached hydrogens (tertiary/aromatic N) is 2. The number of benzene rings is 2. The molecular formula is C18H23N3. The van der Waals surface area contributed by atoms with Crippen LogP contribution in [0.15, 0.2) is 48.5 Å². The van der Waals surface area contributed by atoms with Crippen LogP contribution in [-0.4, -0.2) is 31.6 Å². The number of hydrogen-bond acceptors (Lipinski definition) is 3. The van der Waals surface area contributed by atoms with Crippen molar-refractivity contribution in [2.45, 2.75) is 13.0 Å². The maximum atomic E-state index is 6.27. The van der Waals surface area contributed by atoms with E-state index in [4.69, 9.17) is 5.73 Å². The predicted octanol–water partition coefficient (Wildman–Crippen LogP) is 3.07. The van der Waals surface area contributed by atoms with Crippen LogP contribution in [0.2, 0.25) is 0 Å². The molecule has 1 unspecified atom stereocenters. The Morgan fingerprint density at radius 1 is 1.05 bits per heavy atom. The van der Waals surface area contributed by atoms with Crippen LogP contribution in [0.4, 0.5) is 11.4 Å². The van der Waals surface area contributed by atoms with E-state index in [-0.39, 0.29) is 0 Å². The van der Waals surface area contributed by atoms with E-state index in [0.29, 0.717) is 6.04 Å². The average Bonchev–Trinajstić information content (AvgIpc) is 2.49. The third kappa shape index (κ3) is 2.88. The van der Waals surface area contributed by atoms with Gasteiger partial charge in [0.25, 0.3) is 0 Å². The highest BCUT2D eigenvalue weighted by molar-refractivity contribution is 5.69. The summed E-state index contributed by atoms with van der Waals surface area (Å²) >= 11 is 0. The molecule has 21 heavy (non-hydrogen) atoms. The standard InChI is InChI=1S/C18H23N3/c1-14-8-9-17(16(19)12-14)21-11-10-20(2)13-18(21)15-6-4-3-5-7-15/h3-9,12,18H,10-11,13,19H2,1-2H3. The lowest BCUT2D eigenvalue weighted by molar-refractivity contribution is 0.269. The van der Waals surface area contributed by atoms with Crippen LogP contribution in [0.3, 0.4) is 0 Å². The Kier molecular flexibility index (Phi) is 3.84. The van der Waals surface area contributed by atoms with Crippen molar-refractivity contribution in [1.29, 1.82) is 0 Å². The second-order valence-electron chi connectivity index (χ2n) is 5.94. The number of nitrogens with two attached hydrogens (primary N) is 1. The molecule has 110 valence electrons. The van der Waals surface area contributed by atoms with Crippen molar-refractivity contribution in [2.75, 3.05) is 37.3 Å². The highest BCUT2D eigenvalue weighted by Gasteiger charge is 2.27. The first-order chi connectivity index (χ1) is 10.1. The van der Waals surface area contributed by atoms with E-state index in [1.807, 2.05) is 0 Å². The Morgan fingerprint density at radius 3 is 2.52 bits per heavy atom. The van der Waals surface area contributed by atoms with Gasteiger partial charge in [0, 0.05) is 19.6 Å². The molecule has 0 amide bonds. The van der Waals surface area contributed by atoms with Crippen molar-refractivity contribution in [3.05, 3.63) is 59.7 Å². The molecule has 1 aliphatic heterocycles. The van der Waals surface area contributed by atoms with E-state index in [1.54, 1.807) is 0 Å². The zero-order valence-corrected chi connectivity index (χ0v) is 12.8. The summed E-state index contributed by atoms with van der Waals surface area (Å²) in [5, 5.41) is 0. The molecule has 2 N–H and O–H groups in total. The van der Waals surface area contributed by atoms with Crippen molar-refractivity contribution in [3.63, 3.8) is 0 Å². The third-order valence-electron chi connectivity index (χ3n) is 4.26. The van der Waals surface area contributed by atoms with Crippen LogP contribution >= 0.6 is 0 Å². The highest BCUT2D eigenvalue weighted by atomic mass is 15.3. The van der Waals surface area contributed by atoms with E-state index >= 15 is 0 Å². The number of hydrogen-bond donors (Lipinski definition) is 1. The molecule has 1 fully saturated rings. The molecule has 2 aromatic rings. The van der Waals surface area contributed by atoms with Gasteiger partial charge in [-0.25, -0.2) is 0 Å². The van der Waals surface area contributed by atoms with Gasteiger partial charge in [-0.05, 0) is 37.2 Å². The smallest absolute Gasteiger partial charge is 0.0670 e. The van der Waals surface area contributed by atoms with E-state index in [0.717, 1.165) is 31.0 Å². The number of likely N-dealkylation sites (N-methyl/N-ethyl adjacent to an activating group) is 1. The quantitative estimate of drug-likeness (QED) is 0.859. The Labute approximate surface area is 127 Å². The first kappa shape index (κ1) is 14.0. The van der Waals surface area contributed by atoms with Crippen molar-refractivity contribution < 1.29 is 0 Å². The lowest BCUT2D eigenvalue weighted by Crippen LogP contribution is -2.47. The maximum absolute atomic E-state index is 6.27. The summed E-state index contributed by atoms with van der Waals surface area (Å²) in [6, 6.07) is 17.4. The monoisotopic (exact) mass is 281 g/mol. The van der Waals surface area contributed by atoms with Gasteiger partial charge in [0.1, 0.15) is 0 Å². The summed E-state index contributed by atoms with van der Waals surface area (Å²) in [5.74, 6) is 0. The summed E-state index contributed by atoms with van der Waals surface area (Å²) in [5.41, 5.74) is 10.9. The summed E-state index contributed by atoms with van der Waals surface area (Å²) in [6.45, 7) is 5.18. The minimum absolute atomic E-state index is 0.356. The zero-order valence-electron chi connectivity index (χ0n) is 12.8. The van der Waals surface area contributed by atoms with E-state index in [2.05, 4.69) is 72.3 Å². The summed E-state index contributed by atoms with van der Waals surface area (Å²) in [7, 11) is 2.19. The molecule has 0 aliphatic carbocycles. The average molecular weight is 281 g/mol. The molecule has 3 rings (SSSR count). The largest absolute Gasteiger partial charge is 0.397 e. The van der Waals surface area contributed by atoms with Gasteiger partial charge in [0.2, 0.25) is 0 Å². The van der Waals surface area contributed by atoms with Gasteiger partial charge in [0.05, 0.1) is 17.4 Å². The molecule has 0 bridgehead atoms. The Hall–Kier alpha value is -2.00. The third-order valence-corrected chi connectivity index (χ3v) is 4.26. The van der Waals surface area contributed by atoms with Gasteiger partial charge in [-0.3, -0.25) is 0 Å². The number of rotatable bonds is 2. The van der Waals surface area contributed by atoms with Gasteiger partial charge in [-0.2, -0.15) is 0 Å². The van der Waals surface area contributed by atoms with E-state index in [9.17, 15) is 0 Å². The van der Waals surface area contributed by atoms with Crippen molar-refractivity contribution >= 4 is 11.4 Å². The van der Waals surface area contributed by atoms with Gasteiger partial charge in [-0.1, -0.05) is 36.4 Å². The van der Waals surface area contributed by atoms with Gasteiger partial charge < -0.3 is 15.5 Å². The highest BCUT2D eigenvalue weighted by Crippen LogP contribution is 2.34. The van der Waals surface area contributed by atoms with Gasteiger partial charge >= 0.3 is 0 Å². The maximum Gasteiger partial charge on any atom is 0.0670 e. The van der Waals surface area contributed by atoms with E-state index < -0.39 is 0 Å². The van der Waals surface area contributed by atoms with Crippen LogP contribution in [0.1, 0.15) is 17.2 Å². The fourth-order valence-electron chi connectivity index (χ4n) is 3.10. The van der Waals surface area contributed by atoms with Crippen molar-refractivity contribution in [2.24, 2.45) is 0 Å². The first-order valence-electron chi connectivity index (χ1n) is 7.51. The van der Waals surface area contributed by atoms with Crippen molar-refractivity contribution in [3.8, 4) is 0 Å². The lowest BCUT2D eigenvalue weighted by Gasteiger charge is -2.42. The first-order valence-corrected chi connectivity index (χ1v) is 7.51. The van der Waals surface area contributed by atoms with E-state index in [1.165, 1.54) is 11.1 Å². The Balaban J connectivity index is 1.98. The second kappa shape index (κ2) is 5.78. The molecule has 1 aliphatic rings. The molecule has 0 saturated carbocycles. The normalized spacial score (nSPS) is 19.7. The molecule has 1 atom stereocenters. The summed E-state index contributed by atoms with van der Waals surface area (Å²) in [4.78, 5) is 4.84. The molecule has 2 aromatic carbocycles. The molecular weight excluding hydrogens is 258 g/mol. The molecule has 1 saturated heterocycles.